The Bertz CT molecular complexity index is 1100. The summed E-state index contributed by atoms with van der Waals surface area (Å²) in [7, 11) is 0. The van der Waals surface area contributed by atoms with Crippen LogP contribution in [0.5, 0.6) is 5.75 Å². The van der Waals surface area contributed by atoms with Crippen LogP contribution in [0.1, 0.15) is 11.9 Å². The largest absolute Gasteiger partial charge is 0.494 e. The Morgan fingerprint density at radius 3 is 2.79 bits per heavy atom. The monoisotopic (exact) mass is 410 g/mol. The van der Waals surface area contributed by atoms with Gasteiger partial charge in [0, 0.05) is 29.3 Å². The number of nitro groups is 1. The Hall–Kier alpha value is -3.77. The molecule has 1 aromatic heterocycles. The fourth-order valence-electron chi connectivity index (χ4n) is 2.45. The van der Waals surface area contributed by atoms with Crippen LogP contribution in [0.3, 0.4) is 0 Å². The lowest BCUT2D eigenvalue weighted by Gasteiger charge is -2.03. The van der Waals surface area contributed by atoms with Crippen molar-refractivity contribution in [3.8, 4) is 23.1 Å². The van der Waals surface area contributed by atoms with Gasteiger partial charge in [-0.15, -0.1) is 11.3 Å². The highest BCUT2D eigenvalue weighted by Crippen LogP contribution is 2.28. The lowest BCUT2D eigenvalue weighted by atomic mass is 10.2. The van der Waals surface area contributed by atoms with Crippen molar-refractivity contribution in [1.29, 1.82) is 5.26 Å². The first-order valence-corrected chi connectivity index (χ1v) is 9.39. The highest BCUT2D eigenvalue weighted by molar-refractivity contribution is 7.11. The Morgan fingerprint density at radius 1 is 1.38 bits per heavy atom. The Morgan fingerprint density at radius 2 is 2.14 bits per heavy atom. The van der Waals surface area contributed by atoms with Gasteiger partial charge in [0.1, 0.15) is 28.2 Å². The molecule has 1 N–H and O–H groups in total. The zero-order valence-electron chi connectivity index (χ0n) is 15.3. The van der Waals surface area contributed by atoms with E-state index in [1.165, 1.54) is 17.5 Å². The quantitative estimate of drug-likeness (QED) is 0.325. The molecule has 0 aliphatic heterocycles. The van der Waals surface area contributed by atoms with E-state index in [1.807, 2.05) is 42.6 Å². The number of nitriles is 1. The molecule has 0 aliphatic rings. The molecule has 2 aromatic carbocycles. The van der Waals surface area contributed by atoms with Gasteiger partial charge in [0.15, 0.2) is 0 Å². The van der Waals surface area contributed by atoms with E-state index in [0.29, 0.717) is 17.3 Å². The molecule has 7 nitrogen and oxygen atoms in total. The predicted octanol–water partition coefficient (Wildman–Crippen LogP) is 5.23. The summed E-state index contributed by atoms with van der Waals surface area (Å²) in [6, 6.07) is 12.6. The third-order valence-electron chi connectivity index (χ3n) is 3.85. The van der Waals surface area contributed by atoms with Crippen molar-refractivity contribution in [1.82, 2.24) is 4.98 Å². The molecule has 9 heteroatoms. The molecule has 0 amide bonds. The van der Waals surface area contributed by atoms with Gasteiger partial charge in [-0.2, -0.15) is 5.26 Å². The zero-order valence-corrected chi connectivity index (χ0v) is 16.1. The molecule has 0 saturated heterocycles. The number of anilines is 1. The first-order chi connectivity index (χ1) is 14.0. The number of rotatable bonds is 7. The van der Waals surface area contributed by atoms with Crippen molar-refractivity contribution >= 4 is 28.3 Å². The van der Waals surface area contributed by atoms with Gasteiger partial charge in [-0.05, 0) is 37.3 Å². The summed E-state index contributed by atoms with van der Waals surface area (Å²) >= 11 is 1.26. The minimum atomic E-state index is -0.668. The summed E-state index contributed by atoms with van der Waals surface area (Å²) in [5.41, 5.74) is 1.38. The molecule has 0 spiro atoms. The predicted molar refractivity (Wildman–Crippen MR) is 109 cm³/mol. The van der Waals surface area contributed by atoms with E-state index in [0.717, 1.165) is 29.5 Å². The molecule has 3 aromatic rings. The lowest BCUT2D eigenvalue weighted by Crippen LogP contribution is -1.96. The summed E-state index contributed by atoms with van der Waals surface area (Å²) in [4.78, 5) is 14.7. The average Bonchev–Trinajstić information content (AvgIpc) is 3.20. The number of nitrogens with one attached hydrogen (secondary N) is 1. The maximum Gasteiger partial charge on any atom is 0.271 e. The van der Waals surface area contributed by atoms with Crippen LogP contribution in [-0.2, 0) is 0 Å². The van der Waals surface area contributed by atoms with Crippen molar-refractivity contribution in [2.45, 2.75) is 6.92 Å². The average molecular weight is 410 g/mol. The number of halogens is 1. The Balaban J connectivity index is 1.81. The fourth-order valence-corrected chi connectivity index (χ4v) is 3.24. The number of hydrogen-bond acceptors (Lipinski definition) is 7. The second-order valence-electron chi connectivity index (χ2n) is 5.73. The zero-order chi connectivity index (χ0) is 20.8. The van der Waals surface area contributed by atoms with Crippen LogP contribution in [0.4, 0.5) is 15.8 Å². The smallest absolute Gasteiger partial charge is 0.271 e. The summed E-state index contributed by atoms with van der Waals surface area (Å²) < 4.78 is 19.3. The van der Waals surface area contributed by atoms with Gasteiger partial charge in [-0.3, -0.25) is 10.1 Å². The van der Waals surface area contributed by atoms with E-state index in [4.69, 9.17) is 4.74 Å². The highest BCUT2D eigenvalue weighted by atomic mass is 32.1. The van der Waals surface area contributed by atoms with E-state index in [-0.39, 0.29) is 16.9 Å². The Labute approximate surface area is 169 Å². The standard InChI is InChI=1S/C20H15FN4O3S/c1-2-28-16-6-3-13(4-7-16)19-12-29-20(24-19)14(10-22)11-23-18-9-15(25(26)27)5-8-17(18)21/h3-9,11-12,23H,2H2,1H3/b14-11+. The van der Waals surface area contributed by atoms with Crippen LogP contribution in [0, 0.1) is 27.3 Å². The molecule has 146 valence electrons. The summed E-state index contributed by atoms with van der Waals surface area (Å²) in [5.74, 6) is 0.0887. The van der Waals surface area contributed by atoms with Crippen molar-refractivity contribution in [2.24, 2.45) is 0 Å². The molecule has 0 bridgehead atoms. The van der Waals surface area contributed by atoms with Gasteiger partial charge in [0.2, 0.25) is 0 Å². The van der Waals surface area contributed by atoms with E-state index in [1.54, 1.807) is 0 Å². The van der Waals surface area contributed by atoms with E-state index < -0.39 is 10.7 Å². The SMILES string of the molecule is CCOc1ccc(-c2csc(/C(C#N)=C/Nc3cc([N+](=O)[O-])ccc3F)n2)cc1. The second kappa shape index (κ2) is 8.95. The number of nitro benzene ring substituents is 1. The minimum Gasteiger partial charge on any atom is -0.494 e. The lowest BCUT2D eigenvalue weighted by molar-refractivity contribution is -0.384. The topological polar surface area (TPSA) is 101 Å². The molecular formula is C20H15FN4O3S. The summed E-state index contributed by atoms with van der Waals surface area (Å²) in [5, 5.41) is 25.1. The third kappa shape index (κ3) is 4.75. The number of aromatic nitrogens is 1. The fraction of sp³-hybridized carbons (Fsp3) is 0.100. The summed E-state index contributed by atoms with van der Waals surface area (Å²) in [6.07, 6.45) is 1.28. The molecule has 0 saturated carbocycles. The molecule has 0 radical (unpaired) electrons. The van der Waals surface area contributed by atoms with E-state index in [9.17, 15) is 19.8 Å². The van der Waals surface area contributed by atoms with E-state index >= 15 is 0 Å². The molecule has 0 atom stereocenters. The van der Waals surface area contributed by atoms with E-state index in [2.05, 4.69) is 10.3 Å². The first kappa shape index (κ1) is 20.0. The molecule has 29 heavy (non-hydrogen) atoms. The second-order valence-corrected chi connectivity index (χ2v) is 6.59. The van der Waals surface area contributed by atoms with Gasteiger partial charge in [-0.1, -0.05) is 0 Å². The first-order valence-electron chi connectivity index (χ1n) is 8.51. The van der Waals surface area contributed by atoms with Gasteiger partial charge in [0.05, 0.1) is 22.9 Å². The molecule has 1 heterocycles. The third-order valence-corrected chi connectivity index (χ3v) is 4.72. The van der Waals surface area contributed by atoms with Gasteiger partial charge >= 0.3 is 0 Å². The number of hydrogen-bond donors (Lipinski definition) is 1. The van der Waals surface area contributed by atoms with Gasteiger partial charge in [0.25, 0.3) is 5.69 Å². The number of nitrogens with zero attached hydrogens (tertiary/aromatic N) is 3. The van der Waals surface area contributed by atoms with Crippen LogP contribution >= 0.6 is 11.3 Å². The number of non-ortho nitro benzene ring substituents is 1. The number of thiazole rings is 1. The van der Waals surface area contributed by atoms with Crippen molar-refractivity contribution < 1.29 is 14.1 Å². The van der Waals surface area contributed by atoms with Crippen LogP contribution in [0.15, 0.2) is 54.0 Å². The van der Waals surface area contributed by atoms with Gasteiger partial charge < -0.3 is 10.1 Å². The molecule has 0 aliphatic carbocycles. The highest BCUT2D eigenvalue weighted by Gasteiger charge is 2.12. The number of allylic oxidation sites excluding steroid dienone is 1. The molecule has 0 fully saturated rings. The van der Waals surface area contributed by atoms with Crippen LogP contribution < -0.4 is 10.1 Å². The molecule has 3 rings (SSSR count). The minimum absolute atomic E-state index is 0.102. The van der Waals surface area contributed by atoms with Crippen molar-refractivity contribution in [2.75, 3.05) is 11.9 Å². The van der Waals surface area contributed by atoms with Gasteiger partial charge in [-0.25, -0.2) is 9.37 Å². The van der Waals surface area contributed by atoms with Crippen LogP contribution in [-0.4, -0.2) is 16.5 Å². The molecular weight excluding hydrogens is 395 g/mol. The number of ether oxygens (including phenoxy) is 1. The van der Waals surface area contributed by atoms with Crippen molar-refractivity contribution in [3.05, 3.63) is 75.0 Å². The Kier molecular flexibility index (Phi) is 6.16. The number of benzene rings is 2. The van der Waals surface area contributed by atoms with Crippen LogP contribution in [0.25, 0.3) is 16.8 Å². The maximum absolute atomic E-state index is 13.9. The normalized spacial score (nSPS) is 11.0. The van der Waals surface area contributed by atoms with Crippen molar-refractivity contribution in [3.63, 3.8) is 0 Å². The molecule has 0 unspecified atom stereocenters. The maximum atomic E-state index is 13.9. The summed E-state index contributed by atoms with van der Waals surface area (Å²) in [6.45, 7) is 2.48. The van der Waals surface area contributed by atoms with Crippen LogP contribution in [0.2, 0.25) is 0 Å².